The van der Waals surface area contributed by atoms with Gasteiger partial charge in [0.15, 0.2) is 5.82 Å². The molecule has 50 heavy (non-hydrogen) atoms. The molecule has 4 heterocycles. The quantitative estimate of drug-likeness (QED) is 0.142. The predicted molar refractivity (Wildman–Crippen MR) is 187 cm³/mol. The molecule has 1 saturated carbocycles. The van der Waals surface area contributed by atoms with Crippen LogP contribution in [0.2, 0.25) is 5.15 Å². The predicted octanol–water partition coefficient (Wildman–Crippen LogP) is 6.59. The fraction of sp³-hybridized carbons (Fsp3) is 0.571. The number of pyridine rings is 2. The van der Waals surface area contributed by atoms with Gasteiger partial charge in [0.05, 0.1) is 25.0 Å². The number of nitrogens with one attached hydrogen (secondary N) is 1. The number of hydrogen-bond donors (Lipinski definition) is 1. The molecule has 1 aliphatic heterocycles. The molecule has 15 heteroatoms. The second-order valence-corrected chi connectivity index (χ2v) is 17.1. The number of nitrogens with zero attached hydrogens (tertiary/aromatic N) is 5. The van der Waals surface area contributed by atoms with E-state index in [-0.39, 0.29) is 33.1 Å². The number of carbonyl (C=O) groups excluding carboxylic acids is 2. The largest absolute Gasteiger partial charge is 0.478 e. The Morgan fingerprint density at radius 1 is 1.02 bits per heavy atom. The van der Waals surface area contributed by atoms with Gasteiger partial charge in [0.1, 0.15) is 15.6 Å². The Bertz CT molecular complexity index is 1790. The van der Waals surface area contributed by atoms with Crippen molar-refractivity contribution in [1.82, 2.24) is 29.4 Å². The average Bonchev–Trinajstić information content (AvgIpc) is 3.42. The van der Waals surface area contributed by atoms with Crippen LogP contribution in [0.3, 0.4) is 0 Å². The zero-order valence-electron chi connectivity index (χ0n) is 29.6. The SMILES string of the molecule is CC1(CCOc2ccn(-c3ccc(C(=O)NS(=O)(=O)c4ccc(OCCCCC5CN(C(=O)OC(C)(C)C)C(C)(C)C5)nc4)c(Cl)n3)n2)CC1. The Kier molecular flexibility index (Phi) is 11.0. The molecule has 2 aliphatic rings. The summed E-state index contributed by atoms with van der Waals surface area (Å²) in [5, 5.41) is 4.17. The van der Waals surface area contributed by atoms with E-state index >= 15 is 0 Å². The van der Waals surface area contributed by atoms with Crippen LogP contribution in [0.4, 0.5) is 4.79 Å². The summed E-state index contributed by atoms with van der Waals surface area (Å²) in [5.41, 5.74) is -0.548. The summed E-state index contributed by atoms with van der Waals surface area (Å²) in [6, 6.07) is 7.36. The number of sulfonamides is 1. The number of unbranched alkanes of at least 4 members (excludes halogenated alkanes) is 1. The van der Waals surface area contributed by atoms with Crippen molar-refractivity contribution in [3.8, 4) is 17.6 Å². The van der Waals surface area contributed by atoms with E-state index in [2.05, 4.69) is 35.8 Å². The summed E-state index contributed by atoms with van der Waals surface area (Å²) < 4.78 is 46.4. The fourth-order valence-corrected chi connectivity index (χ4v) is 7.02. The topological polar surface area (TPSA) is 155 Å². The first kappa shape index (κ1) is 37.3. The van der Waals surface area contributed by atoms with E-state index in [9.17, 15) is 18.0 Å². The Hall–Kier alpha value is -3.91. The van der Waals surface area contributed by atoms with E-state index in [1.807, 2.05) is 30.4 Å². The smallest absolute Gasteiger partial charge is 0.410 e. The van der Waals surface area contributed by atoms with Crippen LogP contribution in [0, 0.1) is 11.3 Å². The molecule has 1 saturated heterocycles. The third-order valence-electron chi connectivity index (χ3n) is 9.01. The zero-order valence-corrected chi connectivity index (χ0v) is 31.1. The first-order valence-corrected chi connectivity index (χ1v) is 18.8. The summed E-state index contributed by atoms with van der Waals surface area (Å²) in [4.78, 5) is 35.5. The second kappa shape index (κ2) is 14.7. The molecule has 0 radical (unpaired) electrons. The van der Waals surface area contributed by atoms with Crippen molar-refractivity contribution in [1.29, 1.82) is 0 Å². The molecule has 0 bridgehead atoms. The van der Waals surface area contributed by atoms with Gasteiger partial charge in [-0.1, -0.05) is 18.5 Å². The molecule has 2 fully saturated rings. The van der Waals surface area contributed by atoms with Crippen LogP contribution < -0.4 is 14.2 Å². The fourth-order valence-electron chi connectivity index (χ4n) is 5.88. The van der Waals surface area contributed by atoms with Crippen molar-refractivity contribution < 1.29 is 32.2 Å². The van der Waals surface area contributed by atoms with Gasteiger partial charge in [-0.3, -0.25) is 4.79 Å². The van der Waals surface area contributed by atoms with Gasteiger partial charge in [-0.05, 0) is 109 Å². The molecule has 1 unspecified atom stereocenters. The summed E-state index contributed by atoms with van der Waals surface area (Å²) in [7, 11) is -4.26. The van der Waals surface area contributed by atoms with E-state index in [1.54, 1.807) is 12.3 Å². The molecular formula is C35H47ClN6O7S. The maximum atomic E-state index is 12.9. The number of aromatic nitrogens is 4. The number of likely N-dealkylation sites (tertiary alicyclic amines) is 1. The number of carbonyl (C=O) groups is 2. The highest BCUT2D eigenvalue weighted by Crippen LogP contribution is 2.48. The van der Waals surface area contributed by atoms with Crippen LogP contribution in [-0.2, 0) is 14.8 Å². The van der Waals surface area contributed by atoms with E-state index in [0.29, 0.717) is 42.8 Å². The molecule has 13 nitrogen and oxygen atoms in total. The standard InChI is InChI=1S/C35H47ClN6O7S/c1-33(2,3)49-32(44)41-23-24(21-34(41,4)5)9-7-8-19-47-28-13-10-25(22-37-28)50(45,46)40-31(43)26-11-12-27(38-30(26)36)42-18-14-29(39-42)48-20-17-35(6)15-16-35/h10-14,18,22,24H,7-9,15-17,19-21,23H2,1-6H3,(H,40,43). The van der Waals surface area contributed by atoms with Crippen LogP contribution in [-0.4, -0.2) is 76.0 Å². The minimum Gasteiger partial charge on any atom is -0.478 e. The maximum absolute atomic E-state index is 12.9. The lowest BCUT2D eigenvalue weighted by Crippen LogP contribution is -2.45. The van der Waals surface area contributed by atoms with Gasteiger partial charge in [-0.25, -0.2) is 32.6 Å². The zero-order chi connectivity index (χ0) is 36.3. The molecule has 3 aromatic rings. The summed E-state index contributed by atoms with van der Waals surface area (Å²) >= 11 is 6.29. The van der Waals surface area contributed by atoms with E-state index in [0.717, 1.165) is 38.3 Å². The average molecular weight is 731 g/mol. The lowest BCUT2D eigenvalue weighted by atomic mass is 9.93. The van der Waals surface area contributed by atoms with Crippen molar-refractivity contribution in [3.05, 3.63) is 53.4 Å². The highest BCUT2D eigenvalue weighted by Gasteiger charge is 2.42. The third-order valence-corrected chi connectivity index (χ3v) is 10.6. The van der Waals surface area contributed by atoms with Crippen molar-refractivity contribution in [2.75, 3.05) is 19.8 Å². The van der Waals surface area contributed by atoms with Crippen molar-refractivity contribution in [2.24, 2.45) is 11.3 Å². The van der Waals surface area contributed by atoms with Crippen LogP contribution in [0.1, 0.15) is 96.8 Å². The molecule has 0 spiro atoms. The van der Waals surface area contributed by atoms with Gasteiger partial charge in [-0.2, -0.15) is 0 Å². The van der Waals surface area contributed by atoms with Crippen LogP contribution in [0.25, 0.3) is 5.82 Å². The number of rotatable bonds is 14. The molecule has 3 aromatic heterocycles. The normalized spacial score (nSPS) is 18.1. The number of halogens is 1. The summed E-state index contributed by atoms with van der Waals surface area (Å²) in [5.74, 6) is 0.482. The van der Waals surface area contributed by atoms with Gasteiger partial charge in [-0.15, -0.1) is 5.10 Å². The van der Waals surface area contributed by atoms with Crippen molar-refractivity contribution in [2.45, 2.75) is 103 Å². The van der Waals surface area contributed by atoms with E-state index in [1.165, 1.54) is 41.8 Å². The molecule has 1 N–H and O–H groups in total. The number of amides is 2. The first-order chi connectivity index (χ1) is 23.4. The molecular weight excluding hydrogens is 684 g/mol. The minimum atomic E-state index is -4.26. The van der Waals surface area contributed by atoms with E-state index < -0.39 is 21.5 Å². The van der Waals surface area contributed by atoms with Gasteiger partial charge < -0.3 is 19.1 Å². The molecule has 272 valence electrons. The van der Waals surface area contributed by atoms with Crippen LogP contribution in [0.15, 0.2) is 47.6 Å². The maximum Gasteiger partial charge on any atom is 0.410 e. The minimum absolute atomic E-state index is 0.119. The molecule has 0 aromatic carbocycles. The Morgan fingerprint density at radius 2 is 1.76 bits per heavy atom. The van der Waals surface area contributed by atoms with Gasteiger partial charge in [0.2, 0.25) is 11.8 Å². The van der Waals surface area contributed by atoms with Gasteiger partial charge in [0.25, 0.3) is 15.9 Å². The van der Waals surface area contributed by atoms with Crippen LogP contribution >= 0.6 is 11.6 Å². The molecule has 2 amide bonds. The monoisotopic (exact) mass is 730 g/mol. The lowest BCUT2D eigenvalue weighted by Gasteiger charge is -2.33. The highest BCUT2D eigenvalue weighted by molar-refractivity contribution is 7.90. The molecule has 1 aliphatic carbocycles. The second-order valence-electron chi connectivity index (χ2n) is 15.1. The van der Waals surface area contributed by atoms with Crippen molar-refractivity contribution >= 4 is 33.6 Å². The first-order valence-electron chi connectivity index (χ1n) is 17.0. The summed E-state index contributed by atoms with van der Waals surface area (Å²) in [6.07, 6.45) is 9.42. The molecule has 5 rings (SSSR count). The van der Waals surface area contributed by atoms with Gasteiger partial charge >= 0.3 is 6.09 Å². The lowest BCUT2D eigenvalue weighted by molar-refractivity contribution is 0.0130. The Balaban J connectivity index is 1.06. The Morgan fingerprint density at radius 3 is 2.42 bits per heavy atom. The van der Waals surface area contributed by atoms with E-state index in [4.69, 9.17) is 25.8 Å². The molecule has 1 atom stereocenters. The van der Waals surface area contributed by atoms with Crippen LogP contribution in [0.5, 0.6) is 11.8 Å². The summed E-state index contributed by atoms with van der Waals surface area (Å²) in [6.45, 7) is 13.6. The number of hydrogen-bond acceptors (Lipinski definition) is 10. The third kappa shape index (κ3) is 9.87. The number of ether oxygens (including phenoxy) is 3. The highest BCUT2D eigenvalue weighted by atomic mass is 35.5. The van der Waals surface area contributed by atoms with Gasteiger partial charge in [0, 0.05) is 30.4 Å². The van der Waals surface area contributed by atoms with Crippen molar-refractivity contribution in [3.63, 3.8) is 0 Å². The Labute approximate surface area is 299 Å².